The molecule has 1 aromatic carbocycles. The molecule has 102 valence electrons. The van der Waals surface area contributed by atoms with Crippen molar-refractivity contribution in [2.75, 3.05) is 26.7 Å². The van der Waals surface area contributed by atoms with Crippen molar-refractivity contribution in [1.29, 1.82) is 0 Å². The van der Waals surface area contributed by atoms with E-state index in [-0.39, 0.29) is 12.4 Å². The van der Waals surface area contributed by atoms with Crippen LogP contribution in [0.4, 0.5) is 0 Å². The summed E-state index contributed by atoms with van der Waals surface area (Å²) in [4.78, 5) is 2.39. The predicted molar refractivity (Wildman–Crippen MR) is 80.6 cm³/mol. The van der Waals surface area contributed by atoms with Crippen LogP contribution in [0.2, 0.25) is 5.02 Å². The van der Waals surface area contributed by atoms with Crippen molar-refractivity contribution in [2.24, 2.45) is 5.41 Å². The molecule has 1 aliphatic heterocycles. The Balaban J connectivity index is 0.00000162. The van der Waals surface area contributed by atoms with E-state index >= 15 is 0 Å². The highest BCUT2D eigenvalue weighted by molar-refractivity contribution is 6.30. The fourth-order valence-electron chi connectivity index (χ4n) is 2.66. The Morgan fingerprint density at radius 2 is 2.22 bits per heavy atom. The topological polar surface area (TPSA) is 15.3 Å². The zero-order valence-corrected chi connectivity index (χ0v) is 12.7. The highest BCUT2D eigenvalue weighted by atomic mass is 35.5. The molecule has 1 unspecified atom stereocenters. The second-order valence-corrected chi connectivity index (χ2v) is 5.98. The summed E-state index contributed by atoms with van der Waals surface area (Å²) in [6.07, 6.45) is 1.27. The summed E-state index contributed by atoms with van der Waals surface area (Å²) in [6.45, 7) is 6.75. The lowest BCUT2D eigenvalue weighted by atomic mass is 9.89. The van der Waals surface area contributed by atoms with E-state index in [1.807, 2.05) is 18.2 Å². The van der Waals surface area contributed by atoms with E-state index in [4.69, 9.17) is 11.6 Å². The Labute approximate surface area is 121 Å². The van der Waals surface area contributed by atoms with E-state index in [0.29, 0.717) is 5.41 Å². The Hall–Kier alpha value is -0.280. The van der Waals surface area contributed by atoms with Crippen LogP contribution in [0.15, 0.2) is 24.3 Å². The number of nitrogens with zero attached hydrogens (tertiary/aromatic N) is 1. The van der Waals surface area contributed by atoms with E-state index in [9.17, 15) is 0 Å². The Morgan fingerprint density at radius 3 is 2.83 bits per heavy atom. The molecule has 1 fully saturated rings. The number of hydrogen-bond donors (Lipinski definition) is 1. The zero-order chi connectivity index (χ0) is 12.3. The minimum absolute atomic E-state index is 0. The van der Waals surface area contributed by atoms with Gasteiger partial charge in [-0.3, -0.25) is 0 Å². The van der Waals surface area contributed by atoms with Crippen molar-refractivity contribution in [3.05, 3.63) is 34.9 Å². The van der Waals surface area contributed by atoms with Crippen LogP contribution < -0.4 is 5.32 Å². The molecule has 1 aliphatic rings. The van der Waals surface area contributed by atoms with E-state index < -0.39 is 0 Å². The van der Waals surface area contributed by atoms with Gasteiger partial charge in [0, 0.05) is 24.7 Å². The molecule has 0 spiro atoms. The summed E-state index contributed by atoms with van der Waals surface area (Å²) in [5.74, 6) is 0. The second-order valence-electron chi connectivity index (χ2n) is 5.54. The number of hydrogen-bond acceptors (Lipinski definition) is 2. The molecule has 0 radical (unpaired) electrons. The summed E-state index contributed by atoms with van der Waals surface area (Å²) < 4.78 is 0. The van der Waals surface area contributed by atoms with Gasteiger partial charge >= 0.3 is 0 Å². The maximum absolute atomic E-state index is 6.00. The van der Waals surface area contributed by atoms with E-state index in [1.54, 1.807) is 0 Å². The molecule has 1 saturated heterocycles. The summed E-state index contributed by atoms with van der Waals surface area (Å²) >= 11 is 6.00. The van der Waals surface area contributed by atoms with Crippen LogP contribution in [0.3, 0.4) is 0 Å². The minimum Gasteiger partial charge on any atom is -0.316 e. The third-order valence-corrected chi connectivity index (χ3v) is 3.69. The molecule has 0 aromatic heterocycles. The third kappa shape index (κ3) is 4.43. The van der Waals surface area contributed by atoms with Gasteiger partial charge in [-0.25, -0.2) is 0 Å². The third-order valence-electron chi connectivity index (χ3n) is 3.45. The monoisotopic (exact) mass is 288 g/mol. The number of halogens is 2. The van der Waals surface area contributed by atoms with Crippen molar-refractivity contribution < 1.29 is 0 Å². The van der Waals surface area contributed by atoms with Crippen molar-refractivity contribution in [3.8, 4) is 0 Å². The SMILES string of the molecule is CN(Cc1cccc(Cl)c1)CC1(C)CCNC1.Cl. The highest BCUT2D eigenvalue weighted by Gasteiger charge is 2.29. The van der Waals surface area contributed by atoms with Crippen LogP contribution in [0, 0.1) is 5.41 Å². The van der Waals surface area contributed by atoms with Crippen molar-refractivity contribution in [1.82, 2.24) is 10.2 Å². The van der Waals surface area contributed by atoms with Gasteiger partial charge in [0.2, 0.25) is 0 Å². The van der Waals surface area contributed by atoms with Crippen LogP contribution in [0.25, 0.3) is 0 Å². The first-order valence-corrected chi connectivity index (χ1v) is 6.59. The summed E-state index contributed by atoms with van der Waals surface area (Å²) in [5, 5.41) is 4.27. The molecule has 1 atom stereocenters. The van der Waals surface area contributed by atoms with Crippen LogP contribution >= 0.6 is 24.0 Å². The molecule has 1 heterocycles. The minimum atomic E-state index is 0. The van der Waals surface area contributed by atoms with Crippen LogP contribution in [0.5, 0.6) is 0 Å². The summed E-state index contributed by atoms with van der Waals surface area (Å²) in [6, 6.07) is 8.13. The molecule has 2 nitrogen and oxygen atoms in total. The van der Waals surface area contributed by atoms with Crippen molar-refractivity contribution >= 4 is 24.0 Å². The van der Waals surface area contributed by atoms with Gasteiger partial charge in [-0.15, -0.1) is 12.4 Å². The second kappa shape index (κ2) is 6.76. The largest absolute Gasteiger partial charge is 0.316 e. The summed E-state index contributed by atoms with van der Waals surface area (Å²) in [7, 11) is 2.18. The standard InChI is InChI=1S/C14H21ClN2.ClH/c1-14(6-7-16-10-14)11-17(2)9-12-4-3-5-13(15)8-12;/h3-5,8,16H,6-7,9-11H2,1-2H3;1H. The van der Waals surface area contributed by atoms with Gasteiger partial charge in [0.15, 0.2) is 0 Å². The van der Waals surface area contributed by atoms with Crippen LogP contribution in [-0.4, -0.2) is 31.6 Å². The van der Waals surface area contributed by atoms with Gasteiger partial charge in [0.05, 0.1) is 0 Å². The van der Waals surface area contributed by atoms with Gasteiger partial charge in [-0.2, -0.15) is 0 Å². The molecule has 1 N–H and O–H groups in total. The van der Waals surface area contributed by atoms with Crippen molar-refractivity contribution in [2.45, 2.75) is 19.9 Å². The quantitative estimate of drug-likeness (QED) is 0.915. The normalized spacial score (nSPS) is 23.1. The van der Waals surface area contributed by atoms with Gasteiger partial charge in [0.25, 0.3) is 0 Å². The van der Waals surface area contributed by atoms with E-state index in [0.717, 1.165) is 31.2 Å². The fraction of sp³-hybridized carbons (Fsp3) is 0.571. The molecule has 0 bridgehead atoms. The highest BCUT2D eigenvalue weighted by Crippen LogP contribution is 2.25. The van der Waals surface area contributed by atoms with Gasteiger partial charge in [-0.05, 0) is 43.1 Å². The molecule has 4 heteroatoms. The molecule has 0 amide bonds. The lowest BCUT2D eigenvalue weighted by Gasteiger charge is -2.29. The number of nitrogens with one attached hydrogen (secondary N) is 1. The number of benzene rings is 1. The van der Waals surface area contributed by atoms with E-state index in [2.05, 4.69) is 30.3 Å². The van der Waals surface area contributed by atoms with Crippen LogP contribution in [0.1, 0.15) is 18.9 Å². The average molecular weight is 289 g/mol. The van der Waals surface area contributed by atoms with Gasteiger partial charge in [0.1, 0.15) is 0 Å². The van der Waals surface area contributed by atoms with E-state index in [1.165, 1.54) is 12.0 Å². The first-order valence-electron chi connectivity index (χ1n) is 6.21. The maximum Gasteiger partial charge on any atom is 0.0409 e. The molecule has 18 heavy (non-hydrogen) atoms. The molecular formula is C14H22Cl2N2. The molecule has 0 aliphatic carbocycles. The molecule has 0 saturated carbocycles. The molecule has 1 aromatic rings. The van der Waals surface area contributed by atoms with Gasteiger partial charge < -0.3 is 10.2 Å². The Morgan fingerprint density at radius 1 is 1.44 bits per heavy atom. The zero-order valence-electron chi connectivity index (χ0n) is 11.1. The maximum atomic E-state index is 6.00. The first-order chi connectivity index (χ1) is 8.07. The lowest BCUT2D eigenvalue weighted by Crippen LogP contribution is -2.34. The Kier molecular flexibility index (Phi) is 5.93. The number of rotatable bonds is 4. The smallest absolute Gasteiger partial charge is 0.0409 e. The first kappa shape index (κ1) is 15.8. The summed E-state index contributed by atoms with van der Waals surface area (Å²) in [5.41, 5.74) is 1.71. The fourth-order valence-corrected chi connectivity index (χ4v) is 2.87. The molecule has 2 rings (SSSR count). The Bertz CT molecular complexity index is 376. The van der Waals surface area contributed by atoms with Crippen LogP contribution in [-0.2, 0) is 6.54 Å². The van der Waals surface area contributed by atoms with Crippen molar-refractivity contribution in [3.63, 3.8) is 0 Å². The predicted octanol–water partition coefficient (Wildman–Crippen LogP) is 3.19. The molecular weight excluding hydrogens is 267 g/mol. The van der Waals surface area contributed by atoms with Gasteiger partial charge in [-0.1, -0.05) is 30.7 Å². The average Bonchev–Trinajstić information content (AvgIpc) is 2.64. The lowest BCUT2D eigenvalue weighted by molar-refractivity contribution is 0.203.